The second-order valence-corrected chi connectivity index (χ2v) is 10.0. The Morgan fingerprint density at radius 3 is 2.28 bits per heavy atom. The number of carbonyl (C=O) groups is 1. The highest BCUT2D eigenvalue weighted by Crippen LogP contribution is 2.31. The van der Waals surface area contributed by atoms with Gasteiger partial charge in [-0.25, -0.2) is 12.8 Å². The normalized spacial score (nSPS) is 18.0. The van der Waals surface area contributed by atoms with Crippen LogP contribution in [0.25, 0.3) is 11.1 Å². The lowest BCUT2D eigenvalue weighted by atomic mass is 10.1. The molecule has 0 aromatic heterocycles. The van der Waals surface area contributed by atoms with Crippen LogP contribution in [0.4, 0.5) is 4.39 Å². The Bertz CT molecular complexity index is 1180. The molecule has 0 bridgehead atoms. The SMILES string of the molecule is O=C(COc1ccc(-c2ccccc2)cc1)N1CCC(c2ccccc2F)S(=O)(=O)CC1. The van der Waals surface area contributed by atoms with E-state index in [-0.39, 0.29) is 43.3 Å². The number of benzene rings is 3. The average Bonchev–Trinajstić information content (AvgIpc) is 2.97. The van der Waals surface area contributed by atoms with E-state index in [1.54, 1.807) is 18.2 Å². The topological polar surface area (TPSA) is 63.7 Å². The standard InChI is InChI=1S/C25H24FNO4S/c26-23-9-5-4-8-22(23)24-14-15-27(16-17-32(24,29)30)25(28)18-31-21-12-10-20(11-13-21)19-6-2-1-3-7-19/h1-13,24H,14-18H2. The molecule has 1 saturated heterocycles. The van der Waals surface area contributed by atoms with E-state index in [1.165, 1.54) is 23.1 Å². The summed E-state index contributed by atoms with van der Waals surface area (Å²) in [6.07, 6.45) is 0.154. The maximum Gasteiger partial charge on any atom is 0.260 e. The number of ether oxygens (including phenoxy) is 1. The van der Waals surface area contributed by atoms with Gasteiger partial charge in [0.25, 0.3) is 5.91 Å². The molecule has 1 aliphatic rings. The van der Waals surface area contributed by atoms with Gasteiger partial charge in [0.05, 0.1) is 11.0 Å². The van der Waals surface area contributed by atoms with Crippen molar-refractivity contribution in [1.29, 1.82) is 0 Å². The highest BCUT2D eigenvalue weighted by Gasteiger charge is 2.34. The maximum absolute atomic E-state index is 14.2. The minimum absolute atomic E-state index is 0.0718. The first kappa shape index (κ1) is 22.0. The second kappa shape index (κ2) is 9.53. The Morgan fingerprint density at radius 1 is 0.906 bits per heavy atom. The molecule has 3 aromatic carbocycles. The van der Waals surface area contributed by atoms with Crippen molar-refractivity contribution in [1.82, 2.24) is 4.90 Å². The predicted octanol–water partition coefficient (Wildman–Crippen LogP) is 4.26. The minimum atomic E-state index is -3.57. The fourth-order valence-corrected chi connectivity index (χ4v) is 5.69. The van der Waals surface area contributed by atoms with Crippen LogP contribution >= 0.6 is 0 Å². The lowest BCUT2D eigenvalue weighted by Crippen LogP contribution is -2.37. The van der Waals surface area contributed by atoms with Gasteiger partial charge in [0, 0.05) is 18.7 Å². The van der Waals surface area contributed by atoms with Gasteiger partial charge in [-0.05, 0) is 35.7 Å². The van der Waals surface area contributed by atoms with Crippen LogP contribution in [0.1, 0.15) is 17.2 Å². The first-order chi connectivity index (χ1) is 15.4. The van der Waals surface area contributed by atoms with Crippen LogP contribution in [0.5, 0.6) is 5.75 Å². The number of rotatable bonds is 5. The summed E-state index contributed by atoms with van der Waals surface area (Å²) in [6, 6.07) is 23.3. The van der Waals surface area contributed by atoms with Gasteiger partial charge in [-0.15, -0.1) is 0 Å². The van der Waals surface area contributed by atoms with Crippen LogP contribution in [-0.2, 0) is 14.6 Å². The van der Waals surface area contributed by atoms with Crippen LogP contribution < -0.4 is 4.74 Å². The van der Waals surface area contributed by atoms with Gasteiger partial charge in [-0.3, -0.25) is 4.79 Å². The van der Waals surface area contributed by atoms with Gasteiger partial charge in [0.1, 0.15) is 11.6 Å². The van der Waals surface area contributed by atoms with Crippen LogP contribution in [0.15, 0.2) is 78.9 Å². The smallest absolute Gasteiger partial charge is 0.260 e. The van der Waals surface area contributed by atoms with Crippen molar-refractivity contribution in [2.24, 2.45) is 0 Å². The third-order valence-corrected chi connectivity index (χ3v) is 7.78. The fraction of sp³-hybridized carbons (Fsp3) is 0.240. The Balaban J connectivity index is 1.37. The molecule has 1 atom stereocenters. The van der Waals surface area contributed by atoms with Gasteiger partial charge in [-0.1, -0.05) is 60.7 Å². The molecule has 0 saturated carbocycles. The van der Waals surface area contributed by atoms with E-state index in [0.29, 0.717) is 5.75 Å². The first-order valence-electron chi connectivity index (χ1n) is 10.5. The van der Waals surface area contributed by atoms with Gasteiger partial charge < -0.3 is 9.64 Å². The van der Waals surface area contributed by atoms with Gasteiger partial charge in [-0.2, -0.15) is 0 Å². The second-order valence-electron chi connectivity index (χ2n) is 7.73. The molecule has 0 N–H and O–H groups in total. The molecule has 0 aliphatic carbocycles. The number of carbonyl (C=O) groups excluding carboxylic acids is 1. The summed E-state index contributed by atoms with van der Waals surface area (Å²) >= 11 is 0. The molecular formula is C25H24FNO4S. The summed E-state index contributed by atoms with van der Waals surface area (Å²) in [5.41, 5.74) is 2.29. The molecule has 0 spiro atoms. The van der Waals surface area contributed by atoms with Crippen LogP contribution in [-0.4, -0.2) is 44.7 Å². The van der Waals surface area contributed by atoms with E-state index in [4.69, 9.17) is 4.74 Å². The fourth-order valence-electron chi connectivity index (χ4n) is 3.89. The third-order valence-electron chi connectivity index (χ3n) is 5.67. The zero-order valence-corrected chi connectivity index (χ0v) is 18.3. The molecular weight excluding hydrogens is 429 g/mol. The van der Waals surface area contributed by atoms with Crippen molar-refractivity contribution in [2.45, 2.75) is 11.7 Å². The van der Waals surface area contributed by atoms with Crippen molar-refractivity contribution < 1.29 is 22.3 Å². The van der Waals surface area contributed by atoms with Crippen molar-refractivity contribution in [3.8, 4) is 16.9 Å². The van der Waals surface area contributed by atoms with E-state index in [1.807, 2.05) is 42.5 Å². The number of halogens is 1. The summed E-state index contributed by atoms with van der Waals surface area (Å²) in [5, 5.41) is -0.951. The van der Waals surface area contributed by atoms with Crippen LogP contribution in [0.2, 0.25) is 0 Å². The van der Waals surface area contributed by atoms with Crippen LogP contribution in [0, 0.1) is 5.82 Å². The number of hydrogen-bond acceptors (Lipinski definition) is 4. The van der Waals surface area contributed by atoms with E-state index >= 15 is 0 Å². The lowest BCUT2D eigenvalue weighted by molar-refractivity contribution is -0.133. The Kier molecular flexibility index (Phi) is 6.55. The van der Waals surface area contributed by atoms with E-state index < -0.39 is 20.9 Å². The Hall–Kier alpha value is -3.19. The van der Waals surface area contributed by atoms with Gasteiger partial charge in [0.2, 0.25) is 0 Å². The molecule has 1 unspecified atom stereocenters. The quantitative estimate of drug-likeness (QED) is 0.579. The zero-order chi connectivity index (χ0) is 22.6. The summed E-state index contributed by atoms with van der Waals surface area (Å²) in [5.74, 6) is -0.474. The van der Waals surface area contributed by atoms with Gasteiger partial charge >= 0.3 is 0 Å². The largest absolute Gasteiger partial charge is 0.484 e. The molecule has 1 amide bonds. The number of amides is 1. The monoisotopic (exact) mass is 453 g/mol. The maximum atomic E-state index is 14.2. The lowest BCUT2D eigenvalue weighted by Gasteiger charge is -2.20. The first-order valence-corrected chi connectivity index (χ1v) is 12.2. The number of nitrogens with zero attached hydrogens (tertiary/aromatic N) is 1. The van der Waals surface area contributed by atoms with Crippen LogP contribution in [0.3, 0.4) is 0 Å². The van der Waals surface area contributed by atoms with E-state index in [9.17, 15) is 17.6 Å². The molecule has 1 aliphatic heterocycles. The van der Waals surface area contributed by atoms with Crippen molar-refractivity contribution >= 4 is 15.7 Å². The summed E-state index contributed by atoms with van der Waals surface area (Å²) in [7, 11) is -3.57. The van der Waals surface area contributed by atoms with Crippen molar-refractivity contribution in [3.63, 3.8) is 0 Å². The number of sulfone groups is 1. The summed E-state index contributed by atoms with van der Waals surface area (Å²) in [4.78, 5) is 14.1. The molecule has 7 heteroatoms. The molecule has 1 heterocycles. The molecule has 4 rings (SSSR count). The molecule has 1 fully saturated rings. The van der Waals surface area contributed by atoms with Gasteiger partial charge in [0.15, 0.2) is 16.4 Å². The molecule has 166 valence electrons. The van der Waals surface area contributed by atoms with E-state index in [2.05, 4.69) is 0 Å². The van der Waals surface area contributed by atoms with Crippen molar-refractivity contribution in [2.75, 3.05) is 25.4 Å². The number of hydrogen-bond donors (Lipinski definition) is 0. The predicted molar refractivity (Wildman–Crippen MR) is 121 cm³/mol. The third kappa shape index (κ3) is 4.99. The minimum Gasteiger partial charge on any atom is -0.484 e. The summed E-state index contributed by atoms with van der Waals surface area (Å²) < 4.78 is 45.3. The molecule has 3 aromatic rings. The van der Waals surface area contributed by atoms with Crippen molar-refractivity contribution in [3.05, 3.63) is 90.2 Å². The molecule has 5 nitrogen and oxygen atoms in total. The Morgan fingerprint density at radius 2 is 1.56 bits per heavy atom. The highest BCUT2D eigenvalue weighted by atomic mass is 32.2. The zero-order valence-electron chi connectivity index (χ0n) is 17.5. The molecule has 32 heavy (non-hydrogen) atoms. The summed E-state index contributed by atoms with van der Waals surface area (Å²) in [6.45, 7) is 0.116. The average molecular weight is 454 g/mol. The molecule has 0 radical (unpaired) electrons. The Labute approximate surface area is 187 Å². The van der Waals surface area contributed by atoms with E-state index in [0.717, 1.165) is 11.1 Å². The highest BCUT2D eigenvalue weighted by molar-refractivity contribution is 7.91.